The van der Waals surface area contributed by atoms with Crippen LogP contribution in [-0.4, -0.2) is 98.5 Å². The summed E-state index contributed by atoms with van der Waals surface area (Å²) in [4.78, 5) is 38.6. The normalized spacial score (nSPS) is 21.5. The van der Waals surface area contributed by atoms with E-state index in [-0.39, 0.29) is 39.2 Å². The van der Waals surface area contributed by atoms with Crippen LogP contribution in [0.1, 0.15) is 37.8 Å². The summed E-state index contributed by atoms with van der Waals surface area (Å²) in [6.07, 6.45) is 3.61. The number of rotatable bonds is 9. The van der Waals surface area contributed by atoms with Gasteiger partial charge in [-0.3, -0.25) is 19.9 Å². The van der Waals surface area contributed by atoms with Gasteiger partial charge in [0, 0.05) is 55.6 Å². The van der Waals surface area contributed by atoms with E-state index in [9.17, 15) is 18.0 Å². The van der Waals surface area contributed by atoms with Crippen molar-refractivity contribution < 1.29 is 27.1 Å². The number of halogens is 2. The third-order valence-corrected chi connectivity index (χ3v) is 11.3. The highest BCUT2D eigenvalue weighted by atomic mass is 35.5. The van der Waals surface area contributed by atoms with Crippen LogP contribution in [0.5, 0.6) is 5.88 Å². The highest BCUT2D eigenvalue weighted by Crippen LogP contribution is 2.51. The minimum Gasteiger partial charge on any atom is -0.478 e. The first kappa shape index (κ1) is 33.3. The molecule has 0 aliphatic carbocycles. The number of piperidine rings is 1. The van der Waals surface area contributed by atoms with Crippen LogP contribution >= 0.6 is 11.6 Å². The summed E-state index contributed by atoms with van der Waals surface area (Å²) >= 11 is 6.29. The Morgan fingerprint density at radius 3 is 2.38 bits per heavy atom. The summed E-state index contributed by atoms with van der Waals surface area (Å²) in [5.74, 6) is -2.92. The molecular formula is C33H38ClFN6O5S. The fourth-order valence-electron chi connectivity index (χ4n) is 6.88. The number of aromatic nitrogens is 1. The molecule has 4 heterocycles. The highest BCUT2D eigenvalue weighted by Gasteiger charge is 2.62. The van der Waals surface area contributed by atoms with Crippen molar-refractivity contribution in [3.8, 4) is 5.88 Å². The Kier molecular flexibility index (Phi) is 9.54. The second kappa shape index (κ2) is 13.5. The molecule has 14 heteroatoms. The number of ether oxygens (including phenoxy) is 1. The number of nitrogens with one attached hydrogen (secondary N) is 1. The SMILES string of the molecule is CCOc1ncccc1C1(C(=O)NN2CCN(C3CCN(CC)CC3)CC2)C(=O)N(S(=O)(=O)c2ccccc2)c2cc(F)c(Cl)cc21. The van der Waals surface area contributed by atoms with E-state index in [0.717, 1.165) is 44.6 Å². The molecule has 0 bridgehead atoms. The van der Waals surface area contributed by atoms with Crippen molar-refractivity contribution in [3.05, 3.63) is 82.8 Å². The Balaban J connectivity index is 1.41. The van der Waals surface area contributed by atoms with Crippen LogP contribution in [0, 0.1) is 5.82 Å². The third kappa shape index (κ3) is 5.88. The number of pyridine rings is 1. The van der Waals surface area contributed by atoms with Gasteiger partial charge in [-0.1, -0.05) is 42.8 Å². The van der Waals surface area contributed by atoms with Crippen molar-refractivity contribution in [2.75, 3.05) is 56.7 Å². The van der Waals surface area contributed by atoms with E-state index < -0.39 is 33.1 Å². The molecule has 3 aliphatic heterocycles. The molecular weight excluding hydrogens is 647 g/mol. The number of piperazine rings is 1. The first-order valence-electron chi connectivity index (χ1n) is 15.9. The largest absolute Gasteiger partial charge is 0.478 e. The quantitative estimate of drug-likeness (QED) is 0.339. The Hall–Kier alpha value is -3.62. The number of fused-ring (bicyclic) bond motifs is 1. The Morgan fingerprint density at radius 2 is 1.72 bits per heavy atom. The summed E-state index contributed by atoms with van der Waals surface area (Å²) in [6.45, 7) is 9.58. The number of anilines is 1. The first-order valence-corrected chi connectivity index (χ1v) is 17.7. The molecule has 2 aromatic carbocycles. The van der Waals surface area contributed by atoms with Crippen molar-refractivity contribution in [1.82, 2.24) is 25.2 Å². The Bertz CT molecular complexity index is 1750. The van der Waals surface area contributed by atoms with Gasteiger partial charge in [-0.25, -0.2) is 27.1 Å². The minimum absolute atomic E-state index is 0.0142. The zero-order valence-corrected chi connectivity index (χ0v) is 27.9. The molecule has 1 atom stereocenters. The van der Waals surface area contributed by atoms with Gasteiger partial charge in [-0.15, -0.1) is 0 Å². The molecule has 1 aromatic heterocycles. The number of benzene rings is 2. The molecule has 11 nitrogen and oxygen atoms in total. The van der Waals surface area contributed by atoms with E-state index in [4.69, 9.17) is 16.3 Å². The van der Waals surface area contributed by atoms with Crippen molar-refractivity contribution in [2.24, 2.45) is 0 Å². The second-order valence-corrected chi connectivity index (χ2v) is 14.0. The molecule has 250 valence electrons. The molecule has 1 N–H and O–H groups in total. The van der Waals surface area contributed by atoms with Crippen molar-refractivity contribution in [2.45, 2.75) is 43.0 Å². The molecule has 2 saturated heterocycles. The predicted octanol–water partition coefficient (Wildman–Crippen LogP) is 3.43. The molecule has 3 aromatic rings. The van der Waals surface area contributed by atoms with E-state index >= 15 is 4.39 Å². The summed E-state index contributed by atoms with van der Waals surface area (Å²) in [7, 11) is -4.62. The van der Waals surface area contributed by atoms with E-state index in [1.807, 2.05) is 0 Å². The average molecular weight is 685 g/mol. The third-order valence-electron chi connectivity index (χ3n) is 9.34. The van der Waals surface area contributed by atoms with Gasteiger partial charge >= 0.3 is 0 Å². The average Bonchev–Trinajstić information content (AvgIpc) is 3.34. The summed E-state index contributed by atoms with van der Waals surface area (Å²) < 4.78 is 49.6. The van der Waals surface area contributed by atoms with E-state index in [1.165, 1.54) is 42.6 Å². The summed E-state index contributed by atoms with van der Waals surface area (Å²) in [6, 6.07) is 12.8. The number of carbonyl (C=O) groups excluding carboxylic acids is 2. The van der Waals surface area contributed by atoms with Crippen LogP contribution in [0.25, 0.3) is 0 Å². The van der Waals surface area contributed by atoms with Gasteiger partial charge in [-0.05, 0) is 63.7 Å². The standard InChI is InChI=1S/C33H38ClFN6O5S/c1-3-38-15-12-23(13-16-38)39-17-19-40(20-18-39)37-31(42)33(25-11-8-14-36-30(25)46-4-2)26-21-27(34)28(35)22-29(26)41(32(33)43)47(44,45)24-9-6-5-7-10-24/h5-11,14,21-23H,3-4,12-13,15-20H2,1-2H3,(H,37,42). The zero-order chi connectivity index (χ0) is 33.3. The smallest absolute Gasteiger partial charge is 0.270 e. The predicted molar refractivity (Wildman–Crippen MR) is 175 cm³/mol. The van der Waals surface area contributed by atoms with Crippen LogP contribution in [0.2, 0.25) is 5.02 Å². The number of sulfonamides is 1. The van der Waals surface area contributed by atoms with Crippen molar-refractivity contribution >= 4 is 39.1 Å². The first-order chi connectivity index (χ1) is 22.6. The Labute approximate surface area is 279 Å². The molecule has 2 fully saturated rings. The van der Waals surface area contributed by atoms with Crippen molar-refractivity contribution in [3.63, 3.8) is 0 Å². The molecule has 47 heavy (non-hydrogen) atoms. The highest BCUT2D eigenvalue weighted by molar-refractivity contribution is 7.93. The molecule has 0 radical (unpaired) electrons. The number of hydrazine groups is 1. The lowest BCUT2D eigenvalue weighted by atomic mass is 9.74. The van der Waals surface area contributed by atoms with Gasteiger partial charge in [0.1, 0.15) is 5.82 Å². The zero-order valence-electron chi connectivity index (χ0n) is 26.4. The fourth-order valence-corrected chi connectivity index (χ4v) is 8.52. The number of hydrogen-bond acceptors (Lipinski definition) is 9. The fraction of sp³-hybridized carbons (Fsp3) is 0.424. The molecule has 3 aliphatic rings. The number of carbonyl (C=O) groups is 2. The van der Waals surface area contributed by atoms with Gasteiger partial charge in [0.05, 0.1) is 22.2 Å². The molecule has 1 unspecified atom stereocenters. The number of nitrogens with zero attached hydrogens (tertiary/aromatic N) is 5. The number of likely N-dealkylation sites (tertiary alicyclic amines) is 1. The van der Waals surface area contributed by atoms with E-state index in [0.29, 0.717) is 36.5 Å². The van der Waals surface area contributed by atoms with E-state index in [1.54, 1.807) is 18.0 Å². The molecule has 0 saturated carbocycles. The van der Waals surface area contributed by atoms with Crippen LogP contribution in [0.3, 0.4) is 0 Å². The summed E-state index contributed by atoms with van der Waals surface area (Å²) in [5.41, 5.74) is 0.191. The van der Waals surface area contributed by atoms with Crippen LogP contribution in [0.4, 0.5) is 10.1 Å². The lowest BCUT2D eigenvalue weighted by Crippen LogP contribution is -2.61. The van der Waals surface area contributed by atoms with Gasteiger partial charge in [0.25, 0.3) is 21.8 Å². The molecule has 2 amide bonds. The summed E-state index contributed by atoms with van der Waals surface area (Å²) in [5, 5.41) is 1.36. The van der Waals surface area contributed by atoms with Crippen molar-refractivity contribution in [1.29, 1.82) is 0 Å². The minimum atomic E-state index is -4.62. The second-order valence-electron chi connectivity index (χ2n) is 11.8. The van der Waals surface area contributed by atoms with E-state index in [2.05, 4.69) is 27.1 Å². The van der Waals surface area contributed by atoms with Gasteiger partial charge < -0.3 is 9.64 Å². The maximum absolute atomic E-state index is 15.1. The lowest BCUT2D eigenvalue weighted by Gasteiger charge is -2.43. The van der Waals surface area contributed by atoms with Crippen LogP contribution in [-0.2, 0) is 25.0 Å². The number of hydrogen-bond donors (Lipinski definition) is 1. The topological polar surface area (TPSA) is 115 Å². The monoisotopic (exact) mass is 684 g/mol. The van der Waals surface area contributed by atoms with Crippen LogP contribution < -0.4 is 14.5 Å². The maximum atomic E-state index is 15.1. The van der Waals surface area contributed by atoms with Crippen LogP contribution in [0.15, 0.2) is 65.7 Å². The van der Waals surface area contributed by atoms with Gasteiger partial charge in [0.15, 0.2) is 5.41 Å². The molecule has 0 spiro atoms. The van der Waals surface area contributed by atoms with Gasteiger partial charge in [-0.2, -0.15) is 0 Å². The lowest BCUT2D eigenvalue weighted by molar-refractivity contribution is -0.137. The number of amides is 2. The maximum Gasteiger partial charge on any atom is 0.270 e. The Morgan fingerprint density at radius 1 is 1.02 bits per heavy atom. The van der Waals surface area contributed by atoms with Gasteiger partial charge in [0.2, 0.25) is 5.88 Å². The molecule has 6 rings (SSSR count).